The average molecular weight is 265 g/mol. The third kappa shape index (κ3) is 2.16. The van der Waals surface area contributed by atoms with Crippen LogP contribution in [0, 0.1) is 0 Å². The fourth-order valence-corrected chi connectivity index (χ4v) is 2.00. The first kappa shape index (κ1) is 12.1. The standard InChI is InChI=1S/C15H11N3O2/c19-14-9-17-7-5-12(14)15(20)18-13-3-1-2-10-8-16-6-4-11(10)13/h1-9,19H,(H,18,20). The predicted octanol–water partition coefficient (Wildman–Crippen LogP) is 2.59. The zero-order valence-electron chi connectivity index (χ0n) is 10.4. The second-order valence-corrected chi connectivity index (χ2v) is 4.25. The molecule has 2 N–H and O–H groups in total. The van der Waals surface area contributed by atoms with E-state index in [1.807, 2.05) is 18.2 Å². The van der Waals surface area contributed by atoms with Crippen LogP contribution in [0.1, 0.15) is 10.4 Å². The first-order chi connectivity index (χ1) is 9.75. The highest BCUT2D eigenvalue weighted by Crippen LogP contribution is 2.23. The van der Waals surface area contributed by atoms with E-state index in [0.717, 1.165) is 10.8 Å². The lowest BCUT2D eigenvalue weighted by Gasteiger charge is -2.09. The van der Waals surface area contributed by atoms with Crippen molar-refractivity contribution < 1.29 is 9.90 Å². The fourth-order valence-electron chi connectivity index (χ4n) is 2.00. The molecule has 5 heteroatoms. The van der Waals surface area contributed by atoms with E-state index in [2.05, 4.69) is 15.3 Å². The van der Waals surface area contributed by atoms with Crippen LogP contribution in [0.4, 0.5) is 5.69 Å². The Kier molecular flexibility index (Phi) is 3.01. The van der Waals surface area contributed by atoms with Gasteiger partial charge < -0.3 is 10.4 Å². The minimum atomic E-state index is -0.380. The van der Waals surface area contributed by atoms with Crippen LogP contribution >= 0.6 is 0 Å². The first-order valence-corrected chi connectivity index (χ1v) is 6.03. The monoisotopic (exact) mass is 265 g/mol. The molecule has 0 saturated carbocycles. The van der Waals surface area contributed by atoms with Crippen LogP contribution in [0.3, 0.4) is 0 Å². The number of hydrogen-bond donors (Lipinski definition) is 2. The lowest BCUT2D eigenvalue weighted by atomic mass is 10.1. The van der Waals surface area contributed by atoms with Crippen molar-refractivity contribution in [1.82, 2.24) is 9.97 Å². The topological polar surface area (TPSA) is 75.1 Å². The second-order valence-electron chi connectivity index (χ2n) is 4.25. The van der Waals surface area contributed by atoms with Crippen molar-refractivity contribution >= 4 is 22.4 Å². The summed E-state index contributed by atoms with van der Waals surface area (Å²) in [6.07, 6.45) is 6.10. The number of aromatic hydroxyl groups is 1. The van der Waals surface area contributed by atoms with E-state index in [4.69, 9.17) is 0 Å². The van der Waals surface area contributed by atoms with E-state index in [0.29, 0.717) is 5.69 Å². The van der Waals surface area contributed by atoms with Gasteiger partial charge in [0, 0.05) is 35.1 Å². The maximum absolute atomic E-state index is 12.2. The molecule has 0 aliphatic rings. The molecular formula is C15H11N3O2. The second kappa shape index (κ2) is 4.97. The highest BCUT2D eigenvalue weighted by Gasteiger charge is 2.12. The van der Waals surface area contributed by atoms with Gasteiger partial charge in [0.1, 0.15) is 5.75 Å². The van der Waals surface area contributed by atoms with Gasteiger partial charge in [-0.05, 0) is 18.2 Å². The maximum atomic E-state index is 12.2. The normalized spacial score (nSPS) is 10.4. The Morgan fingerprint density at radius 2 is 1.85 bits per heavy atom. The minimum absolute atomic E-state index is 0.146. The average Bonchev–Trinajstić information content (AvgIpc) is 2.48. The van der Waals surface area contributed by atoms with Gasteiger partial charge in [0.2, 0.25) is 0 Å². The molecule has 0 unspecified atom stereocenters. The van der Waals surface area contributed by atoms with Gasteiger partial charge >= 0.3 is 0 Å². The number of carbonyl (C=O) groups excluding carboxylic acids is 1. The van der Waals surface area contributed by atoms with Crippen molar-refractivity contribution in [3.8, 4) is 5.75 Å². The van der Waals surface area contributed by atoms with Crippen LogP contribution in [-0.2, 0) is 0 Å². The van der Waals surface area contributed by atoms with Crippen LogP contribution in [0.5, 0.6) is 5.75 Å². The Bertz CT molecular complexity index is 781. The molecule has 1 amide bonds. The van der Waals surface area contributed by atoms with Gasteiger partial charge in [0.25, 0.3) is 5.91 Å². The van der Waals surface area contributed by atoms with Crippen molar-refractivity contribution in [2.24, 2.45) is 0 Å². The zero-order chi connectivity index (χ0) is 13.9. The molecule has 20 heavy (non-hydrogen) atoms. The fraction of sp³-hybridized carbons (Fsp3) is 0. The summed E-state index contributed by atoms with van der Waals surface area (Å²) >= 11 is 0. The molecule has 1 aromatic carbocycles. The molecule has 2 heterocycles. The number of benzene rings is 1. The number of amides is 1. The Morgan fingerprint density at radius 3 is 2.70 bits per heavy atom. The third-order valence-corrected chi connectivity index (χ3v) is 2.97. The zero-order valence-corrected chi connectivity index (χ0v) is 10.4. The Balaban J connectivity index is 1.98. The smallest absolute Gasteiger partial charge is 0.259 e. The predicted molar refractivity (Wildman–Crippen MR) is 75.6 cm³/mol. The molecule has 0 fully saturated rings. The van der Waals surface area contributed by atoms with E-state index in [9.17, 15) is 9.90 Å². The molecule has 0 spiro atoms. The van der Waals surface area contributed by atoms with Crippen molar-refractivity contribution in [2.75, 3.05) is 5.32 Å². The lowest BCUT2D eigenvalue weighted by Crippen LogP contribution is -2.12. The maximum Gasteiger partial charge on any atom is 0.259 e. The molecule has 3 aromatic rings. The largest absolute Gasteiger partial charge is 0.505 e. The van der Waals surface area contributed by atoms with Gasteiger partial charge in [0.15, 0.2) is 0 Å². The first-order valence-electron chi connectivity index (χ1n) is 6.03. The molecule has 3 rings (SSSR count). The molecule has 5 nitrogen and oxygen atoms in total. The molecule has 0 bridgehead atoms. The molecule has 2 aromatic heterocycles. The number of aromatic nitrogens is 2. The number of hydrogen-bond acceptors (Lipinski definition) is 4. The van der Waals surface area contributed by atoms with Gasteiger partial charge in [0.05, 0.1) is 11.8 Å². The van der Waals surface area contributed by atoms with E-state index in [1.165, 1.54) is 18.5 Å². The number of pyridine rings is 2. The number of carbonyl (C=O) groups is 1. The summed E-state index contributed by atoms with van der Waals surface area (Å²) in [6, 6.07) is 8.86. The summed E-state index contributed by atoms with van der Waals surface area (Å²) in [6.45, 7) is 0. The molecular weight excluding hydrogens is 254 g/mol. The molecule has 0 aliphatic heterocycles. The number of anilines is 1. The molecule has 0 atom stereocenters. The summed E-state index contributed by atoms with van der Waals surface area (Å²) in [5.41, 5.74) is 0.858. The van der Waals surface area contributed by atoms with E-state index >= 15 is 0 Å². The third-order valence-electron chi connectivity index (χ3n) is 2.97. The number of nitrogens with zero attached hydrogens (tertiary/aromatic N) is 2. The van der Waals surface area contributed by atoms with Crippen LogP contribution in [0.25, 0.3) is 10.8 Å². The Hall–Kier alpha value is -2.95. The van der Waals surface area contributed by atoms with E-state index < -0.39 is 0 Å². The molecule has 98 valence electrons. The molecule has 0 saturated heterocycles. The SMILES string of the molecule is O=C(Nc1cccc2cnccc12)c1ccncc1O. The number of nitrogens with one attached hydrogen (secondary N) is 1. The summed E-state index contributed by atoms with van der Waals surface area (Å²) in [5, 5.41) is 14.3. The highest BCUT2D eigenvalue weighted by atomic mass is 16.3. The van der Waals surface area contributed by atoms with Crippen LogP contribution < -0.4 is 5.32 Å². The Labute approximate surface area is 114 Å². The van der Waals surface area contributed by atoms with Crippen molar-refractivity contribution in [2.45, 2.75) is 0 Å². The van der Waals surface area contributed by atoms with Crippen molar-refractivity contribution in [3.05, 3.63) is 60.7 Å². The van der Waals surface area contributed by atoms with Gasteiger partial charge in [-0.3, -0.25) is 14.8 Å². The molecule has 0 radical (unpaired) electrons. The van der Waals surface area contributed by atoms with Gasteiger partial charge in [-0.2, -0.15) is 0 Å². The highest BCUT2D eigenvalue weighted by molar-refractivity contribution is 6.10. The van der Waals surface area contributed by atoms with Crippen LogP contribution in [0.2, 0.25) is 0 Å². The van der Waals surface area contributed by atoms with Gasteiger partial charge in [-0.1, -0.05) is 12.1 Å². The van der Waals surface area contributed by atoms with Crippen LogP contribution in [0.15, 0.2) is 55.1 Å². The summed E-state index contributed by atoms with van der Waals surface area (Å²) in [4.78, 5) is 20.0. The summed E-state index contributed by atoms with van der Waals surface area (Å²) in [7, 11) is 0. The minimum Gasteiger partial charge on any atom is -0.505 e. The van der Waals surface area contributed by atoms with Crippen LogP contribution in [-0.4, -0.2) is 21.0 Å². The van der Waals surface area contributed by atoms with Gasteiger partial charge in [-0.15, -0.1) is 0 Å². The van der Waals surface area contributed by atoms with E-state index in [1.54, 1.807) is 18.5 Å². The Morgan fingerprint density at radius 1 is 1.05 bits per heavy atom. The molecule has 0 aliphatic carbocycles. The van der Waals surface area contributed by atoms with E-state index in [-0.39, 0.29) is 17.2 Å². The summed E-state index contributed by atoms with van der Waals surface area (Å²) in [5.74, 6) is -0.527. The van der Waals surface area contributed by atoms with Gasteiger partial charge in [-0.25, -0.2) is 0 Å². The number of rotatable bonds is 2. The quantitative estimate of drug-likeness (QED) is 0.746. The summed E-state index contributed by atoms with van der Waals surface area (Å²) < 4.78 is 0. The number of fused-ring (bicyclic) bond motifs is 1. The lowest BCUT2D eigenvalue weighted by molar-refractivity contribution is 0.102. The van der Waals surface area contributed by atoms with Crippen molar-refractivity contribution in [1.29, 1.82) is 0 Å². The van der Waals surface area contributed by atoms with Crippen molar-refractivity contribution in [3.63, 3.8) is 0 Å².